The van der Waals surface area contributed by atoms with E-state index in [-0.39, 0.29) is 23.9 Å². The molecule has 0 spiro atoms. The van der Waals surface area contributed by atoms with Crippen molar-refractivity contribution in [1.29, 1.82) is 0 Å². The molecule has 4 nitrogen and oxygen atoms in total. The second kappa shape index (κ2) is 7.09. The van der Waals surface area contributed by atoms with Crippen molar-refractivity contribution >= 4 is 29.7 Å². The topological polar surface area (TPSA) is 50.4 Å². The second-order valence-corrected chi connectivity index (χ2v) is 5.22. The first-order valence-corrected chi connectivity index (χ1v) is 6.74. The molecule has 1 aliphatic rings. The highest BCUT2D eigenvalue weighted by molar-refractivity contribution is 7.08. The van der Waals surface area contributed by atoms with Gasteiger partial charge in [-0.1, -0.05) is 0 Å². The zero-order valence-corrected chi connectivity index (χ0v) is 12.0. The minimum absolute atomic E-state index is 0. The van der Waals surface area contributed by atoms with Gasteiger partial charge >= 0.3 is 0 Å². The van der Waals surface area contributed by atoms with E-state index in [4.69, 9.17) is 4.74 Å². The van der Waals surface area contributed by atoms with Crippen molar-refractivity contribution in [2.24, 2.45) is 0 Å². The van der Waals surface area contributed by atoms with Crippen molar-refractivity contribution in [2.75, 3.05) is 26.8 Å². The highest BCUT2D eigenvalue weighted by Crippen LogP contribution is 2.19. The summed E-state index contributed by atoms with van der Waals surface area (Å²) in [5.41, 5.74) is 0.654. The predicted octanol–water partition coefficient (Wildman–Crippen LogP) is 1.67. The van der Waals surface area contributed by atoms with E-state index in [1.54, 1.807) is 7.11 Å². The van der Waals surface area contributed by atoms with Gasteiger partial charge in [0.05, 0.1) is 12.1 Å². The van der Waals surface area contributed by atoms with Gasteiger partial charge < -0.3 is 15.4 Å². The molecular weight excluding hydrogens is 272 g/mol. The Labute approximate surface area is 118 Å². The molecule has 1 aromatic heterocycles. The molecule has 0 saturated carbocycles. The summed E-state index contributed by atoms with van der Waals surface area (Å²) in [6.07, 6.45) is 2.18. The molecule has 0 aliphatic carbocycles. The van der Waals surface area contributed by atoms with Gasteiger partial charge in [0.2, 0.25) is 0 Å². The smallest absolute Gasteiger partial charge is 0.252 e. The first-order chi connectivity index (χ1) is 8.26. The van der Waals surface area contributed by atoms with Crippen LogP contribution < -0.4 is 10.6 Å². The Bertz CT molecular complexity index is 364. The molecule has 1 aliphatic heterocycles. The predicted molar refractivity (Wildman–Crippen MR) is 75.7 cm³/mol. The molecule has 1 saturated heterocycles. The van der Waals surface area contributed by atoms with Gasteiger partial charge in [0.15, 0.2) is 0 Å². The highest BCUT2D eigenvalue weighted by atomic mass is 35.5. The van der Waals surface area contributed by atoms with Crippen molar-refractivity contribution in [3.8, 4) is 0 Å². The molecule has 102 valence electrons. The number of carbonyl (C=O) groups excluding carboxylic acids is 1. The van der Waals surface area contributed by atoms with E-state index in [0.717, 1.165) is 24.9 Å². The van der Waals surface area contributed by atoms with Gasteiger partial charge in [-0.25, -0.2) is 0 Å². The fourth-order valence-corrected chi connectivity index (χ4v) is 2.85. The molecule has 0 aromatic carbocycles. The monoisotopic (exact) mass is 290 g/mol. The van der Waals surface area contributed by atoms with Gasteiger partial charge in [-0.15, -0.1) is 12.4 Å². The van der Waals surface area contributed by atoms with Gasteiger partial charge in [-0.2, -0.15) is 11.3 Å². The molecule has 0 radical (unpaired) electrons. The second-order valence-electron chi connectivity index (χ2n) is 4.44. The van der Waals surface area contributed by atoms with E-state index in [9.17, 15) is 4.79 Å². The number of thiophene rings is 1. The average Bonchev–Trinajstić information content (AvgIpc) is 2.98. The van der Waals surface area contributed by atoms with Crippen LogP contribution in [0.25, 0.3) is 0 Å². The fourth-order valence-electron chi connectivity index (χ4n) is 2.22. The lowest BCUT2D eigenvalue weighted by molar-refractivity contribution is 0.0892. The van der Waals surface area contributed by atoms with E-state index < -0.39 is 0 Å². The lowest BCUT2D eigenvalue weighted by Gasteiger charge is -2.28. The maximum absolute atomic E-state index is 11.8. The van der Waals surface area contributed by atoms with Crippen LogP contribution in [0.15, 0.2) is 16.8 Å². The summed E-state index contributed by atoms with van der Waals surface area (Å²) in [7, 11) is 1.70. The van der Waals surface area contributed by atoms with Crippen molar-refractivity contribution in [3.05, 3.63) is 22.4 Å². The minimum atomic E-state index is -0.0829. The number of rotatable bonds is 5. The van der Waals surface area contributed by atoms with E-state index in [1.807, 2.05) is 16.8 Å². The molecule has 0 bridgehead atoms. The molecule has 1 unspecified atom stereocenters. The quantitative estimate of drug-likeness (QED) is 0.867. The number of ether oxygens (including phenoxy) is 1. The third-order valence-electron chi connectivity index (χ3n) is 3.12. The maximum atomic E-state index is 11.8. The maximum Gasteiger partial charge on any atom is 0.252 e. The molecule has 2 N–H and O–H groups in total. The Morgan fingerprint density at radius 1 is 1.67 bits per heavy atom. The van der Waals surface area contributed by atoms with Crippen LogP contribution in [0.4, 0.5) is 0 Å². The first kappa shape index (κ1) is 15.4. The van der Waals surface area contributed by atoms with E-state index in [0.29, 0.717) is 13.2 Å². The Morgan fingerprint density at radius 2 is 2.50 bits per heavy atom. The lowest BCUT2D eigenvalue weighted by atomic mass is 9.98. The normalized spacial score (nSPS) is 22.5. The van der Waals surface area contributed by atoms with Crippen LogP contribution in [0, 0.1) is 0 Å². The van der Waals surface area contributed by atoms with Gasteiger partial charge in [0.1, 0.15) is 0 Å². The zero-order valence-electron chi connectivity index (χ0n) is 10.4. The standard InChI is InChI=1S/C12H18N2O2S.ClH/c1-16-9-12(4-2-5-14-12)8-13-11(15)10-3-6-17-7-10;/h3,6-7,14H,2,4-5,8-9H2,1H3,(H,13,15);1H. The zero-order chi connectivity index (χ0) is 12.1. The van der Waals surface area contributed by atoms with Crippen LogP contribution in [-0.4, -0.2) is 38.3 Å². The molecule has 1 atom stereocenters. The first-order valence-electron chi connectivity index (χ1n) is 5.80. The number of nitrogens with one attached hydrogen (secondary N) is 2. The van der Waals surface area contributed by atoms with Crippen molar-refractivity contribution in [2.45, 2.75) is 18.4 Å². The number of hydrogen-bond donors (Lipinski definition) is 2. The summed E-state index contributed by atoms with van der Waals surface area (Å²) in [4.78, 5) is 11.8. The Kier molecular flexibility index (Phi) is 6.08. The fraction of sp³-hybridized carbons (Fsp3) is 0.583. The average molecular weight is 291 g/mol. The molecule has 6 heteroatoms. The highest BCUT2D eigenvalue weighted by Gasteiger charge is 2.33. The molecular formula is C12H19ClN2O2S. The van der Waals surface area contributed by atoms with Crippen LogP contribution in [0.1, 0.15) is 23.2 Å². The van der Waals surface area contributed by atoms with Crippen LogP contribution >= 0.6 is 23.7 Å². The van der Waals surface area contributed by atoms with Crippen molar-refractivity contribution in [3.63, 3.8) is 0 Å². The molecule has 2 heterocycles. The third-order valence-corrected chi connectivity index (χ3v) is 3.81. The van der Waals surface area contributed by atoms with Crippen LogP contribution in [0.3, 0.4) is 0 Å². The third kappa shape index (κ3) is 3.68. The Balaban J connectivity index is 0.00000162. The summed E-state index contributed by atoms with van der Waals surface area (Å²) in [5, 5.41) is 10.2. The van der Waals surface area contributed by atoms with E-state index in [2.05, 4.69) is 10.6 Å². The lowest BCUT2D eigenvalue weighted by Crippen LogP contribution is -2.52. The minimum Gasteiger partial charge on any atom is -0.383 e. The number of amides is 1. The number of methoxy groups -OCH3 is 1. The van der Waals surface area contributed by atoms with Gasteiger partial charge in [0, 0.05) is 24.6 Å². The molecule has 1 aromatic rings. The number of halogens is 1. The molecule has 1 amide bonds. The summed E-state index contributed by atoms with van der Waals surface area (Å²) < 4.78 is 5.24. The van der Waals surface area contributed by atoms with Gasteiger partial charge in [-0.05, 0) is 30.8 Å². The summed E-state index contributed by atoms with van der Waals surface area (Å²) >= 11 is 1.53. The molecule has 1 fully saturated rings. The molecule has 2 rings (SSSR count). The van der Waals surface area contributed by atoms with Crippen LogP contribution in [0.2, 0.25) is 0 Å². The van der Waals surface area contributed by atoms with E-state index in [1.165, 1.54) is 11.3 Å². The van der Waals surface area contributed by atoms with Crippen LogP contribution in [-0.2, 0) is 4.74 Å². The SMILES string of the molecule is COCC1(CNC(=O)c2ccsc2)CCCN1.Cl. The Hall–Kier alpha value is -0.620. The number of carbonyl (C=O) groups is 1. The van der Waals surface area contributed by atoms with Crippen LogP contribution in [0.5, 0.6) is 0 Å². The van der Waals surface area contributed by atoms with Gasteiger partial charge in [-0.3, -0.25) is 4.79 Å². The summed E-state index contributed by atoms with van der Waals surface area (Å²) in [6.45, 7) is 2.25. The summed E-state index contributed by atoms with van der Waals surface area (Å²) in [6, 6.07) is 1.84. The summed E-state index contributed by atoms with van der Waals surface area (Å²) in [5.74, 6) is -0.00423. The van der Waals surface area contributed by atoms with Crippen molar-refractivity contribution in [1.82, 2.24) is 10.6 Å². The molecule has 18 heavy (non-hydrogen) atoms. The Morgan fingerprint density at radius 3 is 3.06 bits per heavy atom. The van der Waals surface area contributed by atoms with Gasteiger partial charge in [0.25, 0.3) is 5.91 Å². The number of hydrogen-bond acceptors (Lipinski definition) is 4. The largest absolute Gasteiger partial charge is 0.383 e. The van der Waals surface area contributed by atoms with Crippen molar-refractivity contribution < 1.29 is 9.53 Å². The van der Waals surface area contributed by atoms with E-state index >= 15 is 0 Å².